The van der Waals surface area contributed by atoms with E-state index in [0.717, 1.165) is 29.7 Å². The van der Waals surface area contributed by atoms with E-state index in [0.29, 0.717) is 11.5 Å². The van der Waals surface area contributed by atoms with Crippen LogP contribution in [-0.4, -0.2) is 22.9 Å². The van der Waals surface area contributed by atoms with Crippen LogP contribution in [0.5, 0.6) is 0 Å². The lowest BCUT2D eigenvalue weighted by atomic mass is 9.97. The molecule has 1 aromatic heterocycles. The maximum Gasteiger partial charge on any atom is 0.290 e. The van der Waals surface area contributed by atoms with Crippen molar-refractivity contribution in [3.63, 3.8) is 0 Å². The van der Waals surface area contributed by atoms with Crippen LogP contribution in [0.2, 0.25) is 0 Å². The second-order valence-corrected chi connectivity index (χ2v) is 6.58. The van der Waals surface area contributed by atoms with Gasteiger partial charge in [0.05, 0.1) is 0 Å². The Hall–Kier alpha value is -2.23. The van der Waals surface area contributed by atoms with Gasteiger partial charge in [-0.05, 0) is 63.8 Å². The first kappa shape index (κ1) is 15.7. The van der Waals surface area contributed by atoms with Gasteiger partial charge in [-0.1, -0.05) is 12.1 Å². The molecule has 1 amide bonds. The van der Waals surface area contributed by atoms with Crippen LogP contribution in [0.1, 0.15) is 49.2 Å². The molecule has 4 nitrogen and oxygen atoms in total. The van der Waals surface area contributed by atoms with Crippen LogP contribution in [0.3, 0.4) is 0 Å². The Morgan fingerprint density at radius 1 is 1.17 bits per heavy atom. The predicted octanol–water partition coefficient (Wildman–Crippen LogP) is 4.24. The number of carbonyl (C=O) groups excluding carboxylic acids is 1. The summed E-state index contributed by atoms with van der Waals surface area (Å²) in [7, 11) is 0. The van der Waals surface area contributed by atoms with E-state index in [1.165, 1.54) is 6.42 Å². The van der Waals surface area contributed by atoms with Crippen molar-refractivity contribution in [1.29, 1.82) is 0 Å². The predicted molar refractivity (Wildman–Crippen MR) is 92.2 cm³/mol. The van der Waals surface area contributed by atoms with E-state index in [1.807, 2.05) is 36.1 Å². The molecular formula is C19H24N2O2. The maximum atomic E-state index is 12.8. The van der Waals surface area contributed by atoms with Crippen molar-refractivity contribution in [3.05, 3.63) is 41.7 Å². The molecule has 2 aromatic rings. The molecule has 0 aliphatic carbocycles. The molecular weight excluding hydrogens is 288 g/mol. The van der Waals surface area contributed by atoms with Gasteiger partial charge in [0.15, 0.2) is 5.76 Å². The van der Waals surface area contributed by atoms with Crippen LogP contribution in [0.15, 0.2) is 34.7 Å². The largest absolute Gasteiger partial charge is 0.451 e. The molecule has 122 valence electrons. The van der Waals surface area contributed by atoms with Gasteiger partial charge in [-0.25, -0.2) is 0 Å². The molecule has 1 fully saturated rings. The summed E-state index contributed by atoms with van der Waals surface area (Å²) in [6, 6.07) is 9.94. The van der Waals surface area contributed by atoms with Gasteiger partial charge >= 0.3 is 0 Å². The summed E-state index contributed by atoms with van der Waals surface area (Å²) >= 11 is 0. The summed E-state index contributed by atoms with van der Waals surface area (Å²) in [4.78, 5) is 14.7. The molecule has 2 atom stereocenters. The minimum absolute atomic E-state index is 0.0176. The van der Waals surface area contributed by atoms with Crippen molar-refractivity contribution in [1.82, 2.24) is 4.90 Å². The van der Waals surface area contributed by atoms with Crippen molar-refractivity contribution in [2.24, 2.45) is 0 Å². The Labute approximate surface area is 137 Å². The first-order valence-corrected chi connectivity index (χ1v) is 8.26. The summed E-state index contributed by atoms with van der Waals surface area (Å²) in [5.74, 6) is 1.06. The molecule has 0 radical (unpaired) electrons. The number of furan rings is 1. The number of hydrogen-bond acceptors (Lipinski definition) is 3. The zero-order chi connectivity index (χ0) is 16.6. The third kappa shape index (κ3) is 2.98. The van der Waals surface area contributed by atoms with E-state index in [2.05, 4.69) is 13.8 Å². The number of nitrogens with zero attached hydrogens (tertiary/aromatic N) is 1. The van der Waals surface area contributed by atoms with Crippen LogP contribution in [0.4, 0.5) is 5.69 Å². The first-order chi connectivity index (χ1) is 11.0. The van der Waals surface area contributed by atoms with Gasteiger partial charge in [-0.15, -0.1) is 0 Å². The van der Waals surface area contributed by atoms with Crippen molar-refractivity contribution >= 4 is 11.6 Å². The first-order valence-electron chi connectivity index (χ1n) is 8.26. The minimum Gasteiger partial charge on any atom is -0.451 e. The maximum absolute atomic E-state index is 12.8. The highest BCUT2D eigenvalue weighted by Gasteiger charge is 2.31. The monoisotopic (exact) mass is 312 g/mol. The Balaban J connectivity index is 1.86. The van der Waals surface area contributed by atoms with E-state index < -0.39 is 0 Å². The van der Waals surface area contributed by atoms with Gasteiger partial charge in [0.25, 0.3) is 5.91 Å². The van der Waals surface area contributed by atoms with Crippen LogP contribution >= 0.6 is 0 Å². The number of anilines is 1. The zero-order valence-electron chi connectivity index (χ0n) is 14.0. The van der Waals surface area contributed by atoms with Crippen LogP contribution in [0, 0.1) is 6.92 Å². The molecule has 23 heavy (non-hydrogen) atoms. The Kier molecular flexibility index (Phi) is 4.16. The molecule has 3 rings (SSSR count). The van der Waals surface area contributed by atoms with Gasteiger partial charge in [0.1, 0.15) is 5.76 Å². The van der Waals surface area contributed by atoms with E-state index in [4.69, 9.17) is 10.2 Å². The highest BCUT2D eigenvalue weighted by Crippen LogP contribution is 2.29. The van der Waals surface area contributed by atoms with Crippen LogP contribution < -0.4 is 5.73 Å². The summed E-state index contributed by atoms with van der Waals surface area (Å²) < 4.78 is 5.83. The van der Waals surface area contributed by atoms with Gasteiger partial charge in [-0.3, -0.25) is 4.79 Å². The molecule has 1 aliphatic heterocycles. The minimum atomic E-state index is -0.0176. The molecule has 0 bridgehead atoms. The second-order valence-electron chi connectivity index (χ2n) is 6.58. The van der Waals surface area contributed by atoms with Crippen molar-refractivity contribution in [2.45, 2.75) is 52.1 Å². The molecule has 1 aliphatic rings. The van der Waals surface area contributed by atoms with E-state index in [-0.39, 0.29) is 18.0 Å². The average Bonchev–Trinajstić information content (AvgIpc) is 2.99. The van der Waals surface area contributed by atoms with Crippen molar-refractivity contribution in [3.8, 4) is 11.3 Å². The third-order valence-electron chi connectivity index (χ3n) is 4.81. The molecule has 0 spiro atoms. The quantitative estimate of drug-likeness (QED) is 0.844. The van der Waals surface area contributed by atoms with Crippen LogP contribution in [0.25, 0.3) is 11.3 Å². The van der Waals surface area contributed by atoms with Crippen molar-refractivity contribution in [2.75, 3.05) is 5.73 Å². The fourth-order valence-corrected chi connectivity index (χ4v) is 3.35. The van der Waals surface area contributed by atoms with Crippen LogP contribution in [-0.2, 0) is 0 Å². The molecule has 2 N–H and O–H groups in total. The number of amides is 1. The van der Waals surface area contributed by atoms with E-state index in [9.17, 15) is 4.79 Å². The average molecular weight is 312 g/mol. The van der Waals surface area contributed by atoms with E-state index in [1.54, 1.807) is 6.07 Å². The normalized spacial score (nSPS) is 21.4. The second kappa shape index (κ2) is 6.11. The number of nitrogens with two attached hydrogens (primary N) is 1. The Bertz CT molecular complexity index is 710. The van der Waals surface area contributed by atoms with E-state index >= 15 is 0 Å². The molecule has 2 heterocycles. The van der Waals surface area contributed by atoms with Crippen molar-refractivity contribution < 1.29 is 9.21 Å². The summed E-state index contributed by atoms with van der Waals surface area (Å²) in [6.07, 6.45) is 3.29. The lowest BCUT2D eigenvalue weighted by Crippen LogP contribution is -2.47. The molecule has 1 saturated heterocycles. The fraction of sp³-hybridized carbons (Fsp3) is 0.421. The molecule has 0 saturated carbocycles. The number of nitrogen functional groups attached to an aromatic ring is 1. The SMILES string of the molecule is Cc1ccc(-c2ccc(C(=O)N3[C@@H](C)CCC[C@@H]3C)o2)cc1N. The topological polar surface area (TPSA) is 59.5 Å². The van der Waals surface area contributed by atoms with Gasteiger partial charge in [0, 0.05) is 23.3 Å². The summed E-state index contributed by atoms with van der Waals surface area (Å²) in [5, 5.41) is 0. The highest BCUT2D eigenvalue weighted by molar-refractivity contribution is 5.92. The standard InChI is InChI=1S/C19H24N2O2/c1-12-7-8-15(11-16(12)20)17-9-10-18(23-17)19(22)21-13(2)5-4-6-14(21)3/h7-11,13-14H,4-6,20H2,1-3H3/t13-,14-/m0/s1. The zero-order valence-corrected chi connectivity index (χ0v) is 14.0. The summed E-state index contributed by atoms with van der Waals surface area (Å²) in [5.41, 5.74) is 8.62. The summed E-state index contributed by atoms with van der Waals surface area (Å²) in [6.45, 7) is 6.19. The molecule has 4 heteroatoms. The molecule has 0 unspecified atom stereocenters. The lowest BCUT2D eigenvalue weighted by molar-refractivity contribution is 0.0479. The number of carbonyl (C=O) groups is 1. The number of hydrogen-bond donors (Lipinski definition) is 1. The lowest BCUT2D eigenvalue weighted by Gasteiger charge is -2.38. The molecule has 1 aromatic carbocycles. The number of aryl methyl sites for hydroxylation is 1. The van der Waals surface area contributed by atoms with Gasteiger partial charge < -0.3 is 15.1 Å². The fourth-order valence-electron chi connectivity index (χ4n) is 3.35. The number of likely N-dealkylation sites (tertiary alicyclic amines) is 1. The number of piperidine rings is 1. The number of rotatable bonds is 2. The Morgan fingerprint density at radius 2 is 1.87 bits per heavy atom. The smallest absolute Gasteiger partial charge is 0.290 e. The number of benzene rings is 1. The third-order valence-corrected chi connectivity index (χ3v) is 4.81. The van der Waals surface area contributed by atoms with Gasteiger partial charge in [0.2, 0.25) is 0 Å². The highest BCUT2D eigenvalue weighted by atomic mass is 16.4. The van der Waals surface area contributed by atoms with Gasteiger partial charge in [-0.2, -0.15) is 0 Å². The Morgan fingerprint density at radius 3 is 2.52 bits per heavy atom.